The number of nitrogens with zero attached hydrogens (tertiary/aromatic N) is 4. The van der Waals surface area contributed by atoms with Crippen LogP contribution >= 0.6 is 0 Å². The molecule has 0 radical (unpaired) electrons. The number of nitriles is 1. The summed E-state index contributed by atoms with van der Waals surface area (Å²) in [4.78, 5) is 26.1. The van der Waals surface area contributed by atoms with Crippen LogP contribution in [-0.2, 0) is 4.74 Å². The molecule has 1 aliphatic heterocycles. The van der Waals surface area contributed by atoms with Crippen LogP contribution in [0.1, 0.15) is 15.9 Å². The number of nitro benzene ring substituents is 1. The normalized spacial score (nSPS) is 14.0. The molecule has 0 amide bonds. The van der Waals surface area contributed by atoms with Crippen molar-refractivity contribution in [3.63, 3.8) is 0 Å². The maximum atomic E-state index is 13.0. The maximum absolute atomic E-state index is 13.0. The highest BCUT2D eigenvalue weighted by atomic mass is 16.6. The highest BCUT2D eigenvalue weighted by Crippen LogP contribution is 2.31. The van der Waals surface area contributed by atoms with Crippen LogP contribution < -0.4 is 4.90 Å². The van der Waals surface area contributed by atoms with Gasteiger partial charge in [0.05, 0.1) is 29.2 Å². The smallest absolute Gasteiger partial charge is 0.293 e. The number of aromatic nitrogens is 1. The third-order valence-corrected chi connectivity index (χ3v) is 4.82. The van der Waals surface area contributed by atoms with Gasteiger partial charge in [-0.2, -0.15) is 5.26 Å². The highest BCUT2D eigenvalue weighted by molar-refractivity contribution is 6.04. The Labute approximate surface area is 160 Å². The van der Waals surface area contributed by atoms with Crippen molar-refractivity contribution in [2.45, 2.75) is 0 Å². The number of carbonyl (C=O) groups is 1. The summed E-state index contributed by atoms with van der Waals surface area (Å²) < 4.78 is 6.66. The minimum absolute atomic E-state index is 0.121. The zero-order valence-corrected chi connectivity index (χ0v) is 14.9. The minimum atomic E-state index is -0.476. The van der Waals surface area contributed by atoms with Crippen LogP contribution in [0.25, 0.3) is 10.9 Å². The van der Waals surface area contributed by atoms with Gasteiger partial charge in [-0.05, 0) is 18.2 Å². The van der Waals surface area contributed by atoms with Crippen molar-refractivity contribution in [3.05, 3.63) is 69.9 Å². The first-order valence-corrected chi connectivity index (χ1v) is 8.76. The van der Waals surface area contributed by atoms with E-state index >= 15 is 0 Å². The third-order valence-electron chi connectivity index (χ3n) is 4.82. The second-order valence-electron chi connectivity index (χ2n) is 6.41. The topological polar surface area (TPSA) is 101 Å². The molecule has 4 rings (SSSR count). The summed E-state index contributed by atoms with van der Waals surface area (Å²) in [6.45, 7) is 2.12. The number of nitro groups is 1. The molecular weight excluding hydrogens is 360 g/mol. The molecule has 8 nitrogen and oxygen atoms in total. The largest absolute Gasteiger partial charge is 0.378 e. The second-order valence-corrected chi connectivity index (χ2v) is 6.41. The zero-order chi connectivity index (χ0) is 19.7. The number of fused-ring (bicyclic) bond motifs is 1. The van der Waals surface area contributed by atoms with Crippen molar-refractivity contribution in [3.8, 4) is 6.07 Å². The van der Waals surface area contributed by atoms with E-state index in [1.165, 1.54) is 16.8 Å². The summed E-state index contributed by atoms with van der Waals surface area (Å²) in [5.74, 6) is -0.422. The van der Waals surface area contributed by atoms with Crippen LogP contribution in [0.2, 0.25) is 0 Å². The average Bonchev–Trinajstić information content (AvgIpc) is 3.12. The zero-order valence-electron chi connectivity index (χ0n) is 14.9. The molecule has 0 unspecified atom stereocenters. The molecule has 1 fully saturated rings. The molecule has 1 aromatic heterocycles. The first-order chi connectivity index (χ1) is 13.6. The molecule has 1 aliphatic rings. The van der Waals surface area contributed by atoms with Crippen LogP contribution in [0.3, 0.4) is 0 Å². The quantitative estimate of drug-likeness (QED) is 0.514. The van der Waals surface area contributed by atoms with E-state index in [1.54, 1.807) is 36.4 Å². The number of ether oxygens (including phenoxy) is 1. The Morgan fingerprint density at radius 1 is 1.18 bits per heavy atom. The number of rotatable bonds is 3. The van der Waals surface area contributed by atoms with Gasteiger partial charge in [0.15, 0.2) is 0 Å². The number of hydrogen-bond donors (Lipinski definition) is 0. The van der Waals surface area contributed by atoms with Crippen LogP contribution in [-0.4, -0.2) is 41.7 Å². The molecular formula is C20H16N4O4. The van der Waals surface area contributed by atoms with E-state index in [9.17, 15) is 20.2 Å². The summed E-state index contributed by atoms with van der Waals surface area (Å²) in [5.41, 5.74) is 1.51. The molecule has 1 saturated heterocycles. The SMILES string of the molecule is N#Cc1cn(C(=O)c2ccc(N3CCOCC3)c([N+](=O)[O-])c2)c2ccccc12. The summed E-state index contributed by atoms with van der Waals surface area (Å²) in [6, 6.07) is 13.6. The number of para-hydroxylation sites is 1. The van der Waals surface area contributed by atoms with E-state index in [-0.39, 0.29) is 11.3 Å². The van der Waals surface area contributed by atoms with Crippen LogP contribution in [0.15, 0.2) is 48.7 Å². The molecule has 0 saturated carbocycles. The molecule has 3 aromatic rings. The number of hydrogen-bond acceptors (Lipinski definition) is 6. The van der Waals surface area contributed by atoms with Crippen molar-refractivity contribution in [1.29, 1.82) is 5.26 Å². The van der Waals surface area contributed by atoms with Crippen molar-refractivity contribution in [1.82, 2.24) is 4.57 Å². The van der Waals surface area contributed by atoms with Crippen molar-refractivity contribution in [2.24, 2.45) is 0 Å². The van der Waals surface area contributed by atoms with Gasteiger partial charge in [0, 0.05) is 36.3 Å². The Bertz CT molecular complexity index is 1120. The Kier molecular flexibility index (Phi) is 4.51. The van der Waals surface area contributed by atoms with Gasteiger partial charge in [0.2, 0.25) is 0 Å². The summed E-state index contributed by atoms with van der Waals surface area (Å²) in [7, 11) is 0. The molecule has 2 aromatic carbocycles. The van der Waals surface area contributed by atoms with Crippen molar-refractivity contribution >= 4 is 28.2 Å². The lowest BCUT2D eigenvalue weighted by Crippen LogP contribution is -2.36. The summed E-state index contributed by atoms with van der Waals surface area (Å²) >= 11 is 0. The van der Waals surface area contributed by atoms with Gasteiger partial charge in [-0.3, -0.25) is 19.5 Å². The monoisotopic (exact) mass is 376 g/mol. The van der Waals surface area contributed by atoms with Crippen LogP contribution in [0.5, 0.6) is 0 Å². The Morgan fingerprint density at radius 2 is 1.93 bits per heavy atom. The molecule has 0 bridgehead atoms. The van der Waals surface area contributed by atoms with Crippen molar-refractivity contribution < 1.29 is 14.5 Å². The van der Waals surface area contributed by atoms with Crippen LogP contribution in [0, 0.1) is 21.4 Å². The molecule has 0 aliphatic carbocycles. The summed E-state index contributed by atoms with van der Waals surface area (Å²) in [6.07, 6.45) is 1.47. The Balaban J connectivity index is 1.77. The lowest BCUT2D eigenvalue weighted by molar-refractivity contribution is -0.384. The molecule has 0 atom stereocenters. The maximum Gasteiger partial charge on any atom is 0.293 e. The fraction of sp³-hybridized carbons (Fsp3) is 0.200. The number of carbonyl (C=O) groups excluding carboxylic acids is 1. The molecule has 0 N–H and O–H groups in total. The van der Waals surface area contributed by atoms with E-state index in [0.717, 1.165) is 0 Å². The number of benzene rings is 2. The fourth-order valence-electron chi connectivity index (χ4n) is 3.45. The lowest BCUT2D eigenvalue weighted by Gasteiger charge is -2.28. The Hall–Kier alpha value is -3.70. The van der Waals surface area contributed by atoms with Gasteiger partial charge < -0.3 is 9.64 Å². The average molecular weight is 376 g/mol. The van der Waals surface area contributed by atoms with Gasteiger partial charge in [0.25, 0.3) is 11.6 Å². The van der Waals surface area contributed by atoms with E-state index in [2.05, 4.69) is 6.07 Å². The third kappa shape index (κ3) is 2.98. The number of morpholine rings is 1. The molecule has 140 valence electrons. The van der Waals surface area contributed by atoms with Gasteiger partial charge in [-0.15, -0.1) is 0 Å². The lowest BCUT2D eigenvalue weighted by atomic mass is 10.1. The standard InChI is InChI=1S/C20H16N4O4/c21-12-15-13-23(17-4-2-1-3-16(15)17)20(25)14-5-6-18(19(11-14)24(26)27)22-7-9-28-10-8-22/h1-6,11,13H,7-10H2. The molecule has 28 heavy (non-hydrogen) atoms. The molecule has 8 heteroatoms. The predicted octanol–water partition coefficient (Wildman–Crippen LogP) is 2.95. The number of anilines is 1. The summed E-state index contributed by atoms with van der Waals surface area (Å²) in [5, 5.41) is 21.6. The highest BCUT2D eigenvalue weighted by Gasteiger charge is 2.24. The second kappa shape index (κ2) is 7.13. The predicted molar refractivity (Wildman–Crippen MR) is 103 cm³/mol. The van der Waals surface area contributed by atoms with E-state index in [4.69, 9.17) is 4.74 Å². The van der Waals surface area contributed by atoms with E-state index in [0.29, 0.717) is 48.5 Å². The van der Waals surface area contributed by atoms with E-state index < -0.39 is 10.8 Å². The van der Waals surface area contributed by atoms with Gasteiger partial charge in [0.1, 0.15) is 11.8 Å². The van der Waals surface area contributed by atoms with Gasteiger partial charge in [-0.25, -0.2) is 0 Å². The molecule has 0 spiro atoms. The Morgan fingerprint density at radius 3 is 2.64 bits per heavy atom. The fourth-order valence-corrected chi connectivity index (χ4v) is 3.45. The van der Waals surface area contributed by atoms with Crippen LogP contribution in [0.4, 0.5) is 11.4 Å². The molecule has 2 heterocycles. The van der Waals surface area contributed by atoms with E-state index in [1.807, 2.05) is 4.90 Å². The van der Waals surface area contributed by atoms with Gasteiger partial charge in [-0.1, -0.05) is 18.2 Å². The first-order valence-electron chi connectivity index (χ1n) is 8.76. The first kappa shape index (κ1) is 17.7. The van der Waals surface area contributed by atoms with Crippen molar-refractivity contribution in [2.75, 3.05) is 31.2 Å². The minimum Gasteiger partial charge on any atom is -0.378 e. The van der Waals surface area contributed by atoms with Gasteiger partial charge >= 0.3 is 0 Å².